The summed E-state index contributed by atoms with van der Waals surface area (Å²) < 4.78 is 32.0. The third kappa shape index (κ3) is 10.4. The molecule has 0 spiro atoms. The maximum atomic E-state index is 12.8. The van der Waals surface area contributed by atoms with Crippen LogP contribution in [0.5, 0.6) is 0 Å². The number of unbranched alkanes of at least 4 members (excludes halogenated alkanes) is 1. The first-order valence-corrected chi connectivity index (χ1v) is 15.4. The van der Waals surface area contributed by atoms with Crippen molar-refractivity contribution in [1.29, 1.82) is 0 Å². The van der Waals surface area contributed by atoms with Gasteiger partial charge >= 0.3 is 12.0 Å². The average Bonchev–Trinajstić information content (AvgIpc) is 3.36. The van der Waals surface area contributed by atoms with Crippen molar-refractivity contribution in [2.45, 2.75) is 64.6 Å². The summed E-state index contributed by atoms with van der Waals surface area (Å²) in [7, 11) is -2.05. The van der Waals surface area contributed by atoms with Crippen molar-refractivity contribution in [3.63, 3.8) is 0 Å². The first kappa shape index (κ1) is 32.0. The highest BCUT2D eigenvalue weighted by Gasteiger charge is 2.26. The molecule has 2 aromatic rings. The van der Waals surface area contributed by atoms with Crippen LogP contribution in [0.3, 0.4) is 0 Å². The van der Waals surface area contributed by atoms with Gasteiger partial charge in [0.1, 0.15) is 17.6 Å². The van der Waals surface area contributed by atoms with Gasteiger partial charge in [-0.05, 0) is 43.9 Å². The van der Waals surface area contributed by atoms with Gasteiger partial charge in [0.2, 0.25) is 15.9 Å². The number of carbonyl (C=O) groups excluding carboxylic acids is 2. The van der Waals surface area contributed by atoms with E-state index in [1.165, 1.54) is 6.26 Å². The second kappa shape index (κ2) is 14.9. The molecule has 3 heterocycles. The van der Waals surface area contributed by atoms with Gasteiger partial charge in [-0.25, -0.2) is 22.9 Å². The van der Waals surface area contributed by atoms with E-state index in [1.807, 2.05) is 24.8 Å². The minimum atomic E-state index is -3.73. The lowest BCUT2D eigenvalue weighted by Crippen LogP contribution is -2.48. The Hall–Kier alpha value is -3.49. The number of nitrogens with zero attached hydrogens (tertiary/aromatic N) is 3. The number of sulfonamides is 1. The van der Waals surface area contributed by atoms with Crippen molar-refractivity contribution in [2.24, 2.45) is 0 Å². The van der Waals surface area contributed by atoms with Crippen LogP contribution in [0.1, 0.15) is 49.5 Å². The molecular formula is C27H40N6O7S. The van der Waals surface area contributed by atoms with Crippen LogP contribution >= 0.6 is 0 Å². The summed E-state index contributed by atoms with van der Waals surface area (Å²) in [5, 5.41) is 15.2. The molecule has 1 unspecified atom stereocenters. The van der Waals surface area contributed by atoms with Crippen LogP contribution in [0.4, 0.5) is 10.6 Å². The van der Waals surface area contributed by atoms with Gasteiger partial charge < -0.3 is 19.7 Å². The molecule has 3 amide bonds. The zero-order valence-electron chi connectivity index (χ0n) is 23.8. The molecule has 1 saturated heterocycles. The van der Waals surface area contributed by atoms with Crippen molar-refractivity contribution >= 4 is 33.7 Å². The van der Waals surface area contributed by atoms with Crippen LogP contribution in [0.25, 0.3) is 0 Å². The van der Waals surface area contributed by atoms with E-state index in [-0.39, 0.29) is 43.2 Å². The molecule has 0 saturated carbocycles. The number of aliphatic carboxylic acids is 1. The molecule has 0 radical (unpaired) electrons. The number of hydrogen-bond acceptors (Lipinski definition) is 8. The molecule has 1 aliphatic heterocycles. The van der Waals surface area contributed by atoms with Crippen molar-refractivity contribution in [3.05, 3.63) is 47.5 Å². The van der Waals surface area contributed by atoms with Crippen LogP contribution < -0.4 is 15.4 Å². The van der Waals surface area contributed by atoms with E-state index in [0.29, 0.717) is 55.9 Å². The highest BCUT2D eigenvalue weighted by Crippen LogP contribution is 2.15. The number of likely N-dealkylation sites (tertiary alicyclic amines) is 1. The van der Waals surface area contributed by atoms with Gasteiger partial charge in [0.25, 0.3) is 0 Å². The number of amides is 3. The predicted molar refractivity (Wildman–Crippen MR) is 153 cm³/mol. The summed E-state index contributed by atoms with van der Waals surface area (Å²) in [6.07, 6.45) is 5.45. The number of furan rings is 1. The van der Waals surface area contributed by atoms with Gasteiger partial charge in [-0.15, -0.1) is 0 Å². The van der Waals surface area contributed by atoms with Crippen molar-refractivity contribution in [3.8, 4) is 0 Å². The third-order valence-corrected chi connectivity index (χ3v) is 8.34. The molecule has 2 aromatic heterocycles. The van der Waals surface area contributed by atoms with E-state index in [9.17, 15) is 27.9 Å². The summed E-state index contributed by atoms with van der Waals surface area (Å²) >= 11 is 0. The number of nitrogens with one attached hydrogen (secondary N) is 3. The van der Waals surface area contributed by atoms with Gasteiger partial charge in [0.05, 0.1) is 18.6 Å². The minimum Gasteiger partial charge on any atom is -0.480 e. The van der Waals surface area contributed by atoms with Crippen LogP contribution in [-0.2, 0) is 32.6 Å². The Balaban J connectivity index is 1.42. The zero-order chi connectivity index (χ0) is 30.0. The fraction of sp³-hybridized carbons (Fsp3) is 0.556. The van der Waals surface area contributed by atoms with Gasteiger partial charge in [-0.2, -0.15) is 0 Å². The number of anilines is 1. The Bertz CT molecular complexity index is 1290. The SMILES string of the molecule is CCCCS(=O)(=O)NC(Cc1cc(CN(C)C(=O)CN2CCC(NC(=O)Nc3ncccc3C)CC2)co1)C(=O)O. The Morgan fingerprint density at radius 2 is 2.00 bits per heavy atom. The van der Waals surface area contributed by atoms with Crippen LogP contribution in [-0.4, -0.2) is 90.7 Å². The number of rotatable bonds is 14. The molecule has 4 N–H and O–H groups in total. The standard InChI is InChI=1S/C27H40N6O7S/c1-4-5-13-41(38,39)31-23(26(35)36)15-22-14-20(18-40-22)16-32(3)24(34)17-33-11-8-21(9-12-33)29-27(37)30-25-19(2)7-6-10-28-25/h6-7,10,14,18,21,23,31H,4-5,8-9,11-13,15-17H2,1-3H3,(H,35,36)(H2,28,29,30,37). The Morgan fingerprint density at radius 3 is 2.66 bits per heavy atom. The topological polar surface area (TPSA) is 174 Å². The number of likely N-dealkylation sites (N-methyl/N-ethyl adjacent to an activating group) is 1. The van der Waals surface area contributed by atoms with Crippen molar-refractivity contribution in [1.82, 2.24) is 24.8 Å². The molecule has 1 atom stereocenters. The van der Waals surface area contributed by atoms with Crippen LogP contribution in [0.15, 0.2) is 35.1 Å². The van der Waals surface area contributed by atoms with Crippen LogP contribution in [0, 0.1) is 6.92 Å². The number of piperidine rings is 1. The molecule has 13 nitrogen and oxygen atoms in total. The minimum absolute atomic E-state index is 0.00167. The number of carboxylic acid groups (broad SMARTS) is 1. The van der Waals surface area contributed by atoms with Gasteiger partial charge in [0, 0.05) is 50.9 Å². The lowest BCUT2D eigenvalue weighted by molar-refractivity contribution is -0.139. The van der Waals surface area contributed by atoms with E-state index in [1.54, 1.807) is 30.3 Å². The number of hydrogen-bond donors (Lipinski definition) is 4. The molecule has 0 aliphatic carbocycles. The molecule has 1 fully saturated rings. The number of aromatic nitrogens is 1. The third-order valence-electron chi connectivity index (χ3n) is 6.87. The predicted octanol–water partition coefficient (Wildman–Crippen LogP) is 1.94. The highest BCUT2D eigenvalue weighted by molar-refractivity contribution is 7.89. The lowest BCUT2D eigenvalue weighted by Gasteiger charge is -2.32. The lowest BCUT2D eigenvalue weighted by atomic mass is 10.1. The number of carbonyl (C=O) groups is 3. The fourth-order valence-electron chi connectivity index (χ4n) is 4.46. The van der Waals surface area contributed by atoms with E-state index in [2.05, 4.69) is 20.3 Å². The number of urea groups is 1. The van der Waals surface area contributed by atoms with Gasteiger partial charge in [-0.1, -0.05) is 19.4 Å². The second-order valence-electron chi connectivity index (χ2n) is 10.4. The van der Waals surface area contributed by atoms with E-state index in [4.69, 9.17) is 4.42 Å². The zero-order valence-corrected chi connectivity index (χ0v) is 24.6. The summed E-state index contributed by atoms with van der Waals surface area (Å²) in [5.41, 5.74) is 1.55. The van der Waals surface area contributed by atoms with E-state index < -0.39 is 22.0 Å². The average molecular weight is 593 g/mol. The van der Waals surface area contributed by atoms with E-state index >= 15 is 0 Å². The molecular weight excluding hydrogens is 552 g/mol. The highest BCUT2D eigenvalue weighted by atomic mass is 32.2. The number of aryl methyl sites for hydroxylation is 1. The summed E-state index contributed by atoms with van der Waals surface area (Å²) in [6, 6.07) is 3.66. The molecule has 41 heavy (non-hydrogen) atoms. The quantitative estimate of drug-likeness (QED) is 0.256. The molecule has 1 aliphatic rings. The molecule has 0 aromatic carbocycles. The monoisotopic (exact) mass is 592 g/mol. The Morgan fingerprint density at radius 1 is 1.27 bits per heavy atom. The van der Waals surface area contributed by atoms with Crippen molar-refractivity contribution in [2.75, 3.05) is 37.8 Å². The number of pyridine rings is 1. The largest absolute Gasteiger partial charge is 0.480 e. The summed E-state index contributed by atoms with van der Waals surface area (Å²) in [4.78, 5) is 44.6. The van der Waals surface area contributed by atoms with E-state index in [0.717, 1.165) is 5.56 Å². The Labute approximate surface area is 240 Å². The normalized spacial score (nSPS) is 15.3. The maximum absolute atomic E-state index is 12.8. The number of carboxylic acids is 1. The Kier molecular flexibility index (Phi) is 11.7. The first-order valence-electron chi connectivity index (χ1n) is 13.7. The molecule has 226 valence electrons. The molecule has 0 bridgehead atoms. The van der Waals surface area contributed by atoms with Gasteiger partial charge in [-0.3, -0.25) is 19.8 Å². The van der Waals surface area contributed by atoms with Crippen LogP contribution in [0.2, 0.25) is 0 Å². The molecule has 14 heteroatoms. The van der Waals surface area contributed by atoms with Crippen molar-refractivity contribution < 1.29 is 32.3 Å². The summed E-state index contributed by atoms with van der Waals surface area (Å²) in [5.74, 6) is -0.690. The maximum Gasteiger partial charge on any atom is 0.322 e. The second-order valence-corrected chi connectivity index (χ2v) is 12.2. The van der Waals surface area contributed by atoms with Gasteiger partial charge in [0.15, 0.2) is 0 Å². The first-order chi connectivity index (χ1) is 19.5. The smallest absolute Gasteiger partial charge is 0.322 e. The molecule has 3 rings (SSSR count). The summed E-state index contributed by atoms with van der Waals surface area (Å²) in [6.45, 7) is 5.53. The fourth-order valence-corrected chi connectivity index (χ4v) is 5.87.